The molecule has 0 rings (SSSR count). The van der Waals surface area contributed by atoms with Crippen LogP contribution in [0.5, 0.6) is 0 Å². The van der Waals surface area contributed by atoms with Gasteiger partial charge in [-0.15, -0.1) is 0 Å². The largest absolute Gasteiger partial charge is 0.481 e. The number of nitrogens with two attached hydrogens (primary N) is 3. The number of nitrogens with zero attached hydrogens (tertiary/aromatic N) is 1. The first kappa shape index (κ1) is 29.5. The minimum atomic E-state index is -1.73. The van der Waals surface area contributed by atoms with Crippen LogP contribution in [0.3, 0.4) is 0 Å². The summed E-state index contributed by atoms with van der Waals surface area (Å²) in [6, 6.07) is -6.17. The minimum absolute atomic E-state index is 0.0588. The molecule has 0 aliphatic heterocycles. The van der Waals surface area contributed by atoms with Gasteiger partial charge in [-0.05, 0) is 19.8 Å². The third kappa shape index (κ3) is 11.6. The number of guanidine groups is 1. The predicted molar refractivity (Wildman–Crippen MR) is 112 cm³/mol. The van der Waals surface area contributed by atoms with Crippen molar-refractivity contribution < 1.29 is 44.4 Å². The van der Waals surface area contributed by atoms with Crippen LogP contribution in [0.4, 0.5) is 0 Å². The molecule has 0 heterocycles. The van der Waals surface area contributed by atoms with E-state index in [1.54, 1.807) is 0 Å². The molecule has 5 atom stereocenters. The van der Waals surface area contributed by atoms with Crippen LogP contribution in [0, 0.1) is 0 Å². The number of carbonyl (C=O) groups is 5. The summed E-state index contributed by atoms with van der Waals surface area (Å²) in [5, 5.41) is 42.8. The van der Waals surface area contributed by atoms with Crippen LogP contribution in [0.25, 0.3) is 0 Å². The fraction of sp³-hybridized carbons (Fsp3) is 0.647. The van der Waals surface area contributed by atoms with E-state index in [2.05, 4.69) is 15.6 Å². The highest BCUT2D eigenvalue weighted by Crippen LogP contribution is 2.03. The number of aliphatic hydroxyl groups excluding tert-OH is 2. The highest BCUT2D eigenvalue weighted by atomic mass is 16.4. The van der Waals surface area contributed by atoms with Gasteiger partial charge in [0.1, 0.15) is 24.2 Å². The molecular formula is C17H31N7O9. The summed E-state index contributed by atoms with van der Waals surface area (Å²) in [6.45, 7) is 0.362. The van der Waals surface area contributed by atoms with Crippen molar-refractivity contribution in [1.82, 2.24) is 16.0 Å². The number of aliphatic carboxylic acids is 2. The second-order valence-electron chi connectivity index (χ2n) is 7.02. The van der Waals surface area contributed by atoms with E-state index in [0.29, 0.717) is 0 Å². The number of hydrogen-bond acceptors (Lipinski definition) is 9. The fourth-order valence-electron chi connectivity index (χ4n) is 2.37. The van der Waals surface area contributed by atoms with E-state index < -0.39 is 73.0 Å². The second kappa shape index (κ2) is 14.5. The summed E-state index contributed by atoms with van der Waals surface area (Å²) in [6.07, 6.45) is -2.04. The van der Waals surface area contributed by atoms with E-state index in [0.717, 1.165) is 0 Å². The van der Waals surface area contributed by atoms with E-state index in [1.165, 1.54) is 6.92 Å². The molecule has 0 aromatic heterocycles. The molecule has 0 fully saturated rings. The Balaban J connectivity index is 5.54. The van der Waals surface area contributed by atoms with Gasteiger partial charge >= 0.3 is 11.9 Å². The summed E-state index contributed by atoms with van der Waals surface area (Å²) < 4.78 is 0. The van der Waals surface area contributed by atoms with Gasteiger partial charge < -0.3 is 53.6 Å². The van der Waals surface area contributed by atoms with Gasteiger partial charge in [-0.3, -0.25) is 24.2 Å². The summed E-state index contributed by atoms with van der Waals surface area (Å²) in [7, 11) is 0. The first-order valence-corrected chi connectivity index (χ1v) is 9.75. The van der Waals surface area contributed by atoms with Crippen molar-refractivity contribution in [2.75, 3.05) is 13.2 Å². The number of carboxylic acid groups (broad SMARTS) is 2. The molecule has 0 saturated heterocycles. The van der Waals surface area contributed by atoms with Gasteiger partial charge in [-0.2, -0.15) is 0 Å². The van der Waals surface area contributed by atoms with Crippen molar-refractivity contribution in [2.45, 2.75) is 56.5 Å². The van der Waals surface area contributed by atoms with E-state index in [1.807, 2.05) is 5.32 Å². The van der Waals surface area contributed by atoms with Gasteiger partial charge in [-0.1, -0.05) is 0 Å². The van der Waals surface area contributed by atoms with Gasteiger partial charge in [0, 0.05) is 6.54 Å². The number of nitrogens with one attached hydrogen (secondary N) is 3. The van der Waals surface area contributed by atoms with Gasteiger partial charge in [0.2, 0.25) is 17.7 Å². The predicted octanol–water partition coefficient (Wildman–Crippen LogP) is -5.25. The average Bonchev–Trinajstić information content (AvgIpc) is 2.71. The minimum Gasteiger partial charge on any atom is -0.481 e. The molecule has 13 N–H and O–H groups in total. The zero-order chi connectivity index (χ0) is 25.7. The first-order chi connectivity index (χ1) is 15.3. The molecule has 0 aliphatic rings. The third-order valence-corrected chi connectivity index (χ3v) is 4.21. The number of amides is 3. The van der Waals surface area contributed by atoms with Crippen LogP contribution in [-0.2, 0) is 24.0 Å². The van der Waals surface area contributed by atoms with E-state index in [9.17, 15) is 29.1 Å². The molecule has 0 aromatic rings. The Bertz CT molecular complexity index is 740. The molecule has 16 nitrogen and oxygen atoms in total. The smallest absolute Gasteiger partial charge is 0.328 e. The molecule has 0 aromatic carbocycles. The normalized spacial score (nSPS) is 15.2. The lowest BCUT2D eigenvalue weighted by Gasteiger charge is -2.24. The Morgan fingerprint density at radius 2 is 1.42 bits per heavy atom. The Kier molecular flexibility index (Phi) is 13.0. The van der Waals surface area contributed by atoms with Crippen LogP contribution >= 0.6 is 0 Å². The van der Waals surface area contributed by atoms with Crippen molar-refractivity contribution in [3.63, 3.8) is 0 Å². The highest BCUT2D eigenvalue weighted by molar-refractivity contribution is 5.95. The SMILES string of the molecule is CC(O)C(N)C(=O)NC(CCCN=C(N)N)C(=O)NC(CC(=O)O)C(=O)NC(CO)C(=O)O. The lowest BCUT2D eigenvalue weighted by molar-refractivity contribution is -0.144. The second-order valence-corrected chi connectivity index (χ2v) is 7.02. The number of carboxylic acids is 2. The monoisotopic (exact) mass is 477 g/mol. The molecule has 16 heteroatoms. The van der Waals surface area contributed by atoms with Crippen LogP contribution in [-0.4, -0.2) is 99.5 Å². The van der Waals surface area contributed by atoms with Gasteiger partial charge in [0.05, 0.1) is 19.1 Å². The number of rotatable bonds is 15. The molecule has 0 spiro atoms. The summed E-state index contributed by atoms with van der Waals surface area (Å²) >= 11 is 0. The third-order valence-electron chi connectivity index (χ3n) is 4.21. The lowest BCUT2D eigenvalue weighted by atomic mass is 10.1. The molecule has 0 saturated carbocycles. The van der Waals surface area contributed by atoms with Crippen molar-refractivity contribution in [1.29, 1.82) is 0 Å². The molecule has 0 bridgehead atoms. The van der Waals surface area contributed by atoms with Crippen molar-refractivity contribution in [3.05, 3.63) is 0 Å². The quantitative estimate of drug-likeness (QED) is 0.0601. The zero-order valence-electron chi connectivity index (χ0n) is 17.9. The van der Waals surface area contributed by atoms with E-state index in [-0.39, 0.29) is 25.3 Å². The van der Waals surface area contributed by atoms with Crippen molar-refractivity contribution >= 4 is 35.6 Å². The summed E-state index contributed by atoms with van der Waals surface area (Å²) in [4.78, 5) is 63.1. The van der Waals surface area contributed by atoms with Crippen LogP contribution in [0.2, 0.25) is 0 Å². The molecular weight excluding hydrogens is 446 g/mol. The van der Waals surface area contributed by atoms with Crippen LogP contribution < -0.4 is 33.2 Å². The molecule has 0 aliphatic carbocycles. The summed E-state index contributed by atoms with van der Waals surface area (Å²) in [5.74, 6) is -6.33. The maximum absolute atomic E-state index is 12.7. The van der Waals surface area contributed by atoms with E-state index in [4.69, 9.17) is 32.5 Å². The van der Waals surface area contributed by atoms with Gasteiger partial charge in [0.25, 0.3) is 0 Å². The lowest BCUT2D eigenvalue weighted by Crippen LogP contribution is -2.58. The number of hydrogen-bond donors (Lipinski definition) is 10. The summed E-state index contributed by atoms with van der Waals surface area (Å²) in [5.41, 5.74) is 16.0. The van der Waals surface area contributed by atoms with Crippen molar-refractivity contribution in [2.24, 2.45) is 22.2 Å². The molecule has 33 heavy (non-hydrogen) atoms. The van der Waals surface area contributed by atoms with Gasteiger partial charge in [0.15, 0.2) is 5.96 Å². The maximum Gasteiger partial charge on any atom is 0.328 e. The van der Waals surface area contributed by atoms with Crippen molar-refractivity contribution in [3.8, 4) is 0 Å². The average molecular weight is 477 g/mol. The molecule has 3 amide bonds. The molecule has 5 unspecified atom stereocenters. The standard InChI is InChI=1S/C17H31N7O9/c1-7(26)12(18)15(31)22-8(3-2-4-21-17(19)20)13(29)23-9(5-11(27)28)14(30)24-10(6-25)16(32)33/h7-10,12,25-26H,2-6,18H2,1H3,(H,22,31)(H,23,29)(H,24,30)(H,27,28)(H,32,33)(H4,19,20,21). The van der Waals surface area contributed by atoms with Crippen LogP contribution in [0.15, 0.2) is 4.99 Å². The Labute approximate surface area is 188 Å². The first-order valence-electron chi connectivity index (χ1n) is 9.75. The topological polar surface area (TPSA) is 293 Å². The zero-order valence-corrected chi connectivity index (χ0v) is 17.9. The maximum atomic E-state index is 12.7. The Morgan fingerprint density at radius 1 is 0.909 bits per heavy atom. The fourth-order valence-corrected chi connectivity index (χ4v) is 2.37. The van der Waals surface area contributed by atoms with E-state index >= 15 is 0 Å². The highest BCUT2D eigenvalue weighted by Gasteiger charge is 2.31. The number of aliphatic hydroxyl groups is 2. The molecule has 0 radical (unpaired) electrons. The number of aliphatic imine (C=N–C) groups is 1. The Morgan fingerprint density at radius 3 is 1.88 bits per heavy atom. The van der Waals surface area contributed by atoms with Crippen LogP contribution in [0.1, 0.15) is 26.2 Å². The molecule has 188 valence electrons. The number of carbonyl (C=O) groups excluding carboxylic acids is 3. The van der Waals surface area contributed by atoms with Gasteiger partial charge in [-0.25, -0.2) is 4.79 Å². The Hall–Kier alpha value is -3.50.